The standard InChI is InChI=1S/C10H9.C10H15.2ClH.Hf/c1-8-6-7-9-4-2-3-5-10(8)9;1-7-6-10(4,5)9(3)8(7)2;;;/h2-7H,1H3;1-5H3;2*1H;/q2*-1;;;. The number of benzene rings is 1. The van der Waals surface area contributed by atoms with Crippen molar-refractivity contribution in [3.8, 4) is 0 Å². The number of allylic oxidation sites excluding steroid dienone is 4. The first-order chi connectivity index (χ1) is 9.33. The molecular formula is C20H26Cl2Hf-2. The van der Waals surface area contributed by atoms with Crippen LogP contribution in [-0.4, -0.2) is 0 Å². The van der Waals surface area contributed by atoms with E-state index in [0.29, 0.717) is 0 Å². The van der Waals surface area contributed by atoms with Crippen LogP contribution < -0.4 is 0 Å². The van der Waals surface area contributed by atoms with E-state index < -0.39 is 0 Å². The molecule has 0 bridgehead atoms. The van der Waals surface area contributed by atoms with E-state index >= 15 is 0 Å². The zero-order valence-electron chi connectivity index (χ0n) is 14.8. The fraction of sp³-hybridized carbons (Fsp3) is 0.350. The van der Waals surface area contributed by atoms with E-state index in [2.05, 4.69) is 84.0 Å². The zero-order valence-corrected chi connectivity index (χ0v) is 20.0. The summed E-state index contributed by atoms with van der Waals surface area (Å²) in [5, 5.41) is 2.72. The minimum absolute atomic E-state index is 0. The Labute approximate surface area is 172 Å². The molecule has 0 heterocycles. The SMILES string of the molecule is CC1=[C-]C(C)(C)C(C)=C1C.C[c-]1ccc2ccccc21.Cl.Cl.[Hf]. The summed E-state index contributed by atoms with van der Waals surface area (Å²) in [6, 6.07) is 12.8. The molecule has 23 heavy (non-hydrogen) atoms. The molecule has 0 saturated heterocycles. The molecule has 126 valence electrons. The summed E-state index contributed by atoms with van der Waals surface area (Å²) in [6.07, 6.45) is 3.44. The number of halogens is 2. The molecule has 2 aromatic rings. The second-order valence-electron chi connectivity index (χ2n) is 6.23. The summed E-state index contributed by atoms with van der Waals surface area (Å²) < 4.78 is 0. The minimum atomic E-state index is 0. The van der Waals surface area contributed by atoms with Crippen LogP contribution >= 0.6 is 24.8 Å². The van der Waals surface area contributed by atoms with Gasteiger partial charge in [0, 0.05) is 25.8 Å². The van der Waals surface area contributed by atoms with E-state index in [9.17, 15) is 0 Å². The Balaban J connectivity index is 0. The Hall–Kier alpha value is -0.240. The van der Waals surface area contributed by atoms with Crippen molar-refractivity contribution in [2.24, 2.45) is 5.41 Å². The van der Waals surface area contributed by atoms with E-state index in [1.54, 1.807) is 0 Å². The predicted molar refractivity (Wildman–Crippen MR) is 103 cm³/mol. The van der Waals surface area contributed by atoms with Gasteiger partial charge in [-0.25, -0.2) is 5.57 Å². The van der Waals surface area contributed by atoms with Crippen LogP contribution in [0.15, 0.2) is 53.1 Å². The van der Waals surface area contributed by atoms with Crippen molar-refractivity contribution in [3.05, 3.63) is 64.8 Å². The zero-order chi connectivity index (χ0) is 14.9. The Morgan fingerprint density at radius 1 is 0.957 bits per heavy atom. The number of hydrogen-bond acceptors (Lipinski definition) is 0. The van der Waals surface area contributed by atoms with Crippen molar-refractivity contribution in [3.63, 3.8) is 0 Å². The van der Waals surface area contributed by atoms with Gasteiger partial charge in [0.25, 0.3) is 0 Å². The van der Waals surface area contributed by atoms with Gasteiger partial charge in [-0.2, -0.15) is 23.3 Å². The molecular weight excluding hydrogens is 490 g/mol. The molecule has 0 unspecified atom stereocenters. The Morgan fingerprint density at radius 2 is 1.52 bits per heavy atom. The molecule has 0 N–H and O–H groups in total. The molecule has 3 rings (SSSR count). The number of aryl methyl sites for hydroxylation is 1. The summed E-state index contributed by atoms with van der Waals surface area (Å²) in [5.74, 6) is 0. The Morgan fingerprint density at radius 3 is 1.91 bits per heavy atom. The van der Waals surface area contributed by atoms with Crippen LogP contribution in [0.1, 0.15) is 40.2 Å². The van der Waals surface area contributed by atoms with Crippen LogP contribution in [-0.2, 0) is 25.8 Å². The second-order valence-corrected chi connectivity index (χ2v) is 6.23. The van der Waals surface area contributed by atoms with Gasteiger partial charge in [0.1, 0.15) is 0 Å². The van der Waals surface area contributed by atoms with Crippen LogP contribution in [0.4, 0.5) is 0 Å². The molecule has 0 fully saturated rings. The van der Waals surface area contributed by atoms with E-state index in [1.807, 2.05) is 0 Å². The van der Waals surface area contributed by atoms with Gasteiger partial charge in [-0.3, -0.25) is 6.08 Å². The maximum atomic E-state index is 3.44. The van der Waals surface area contributed by atoms with Crippen molar-refractivity contribution < 1.29 is 25.8 Å². The van der Waals surface area contributed by atoms with Gasteiger partial charge in [-0.15, -0.1) is 66.3 Å². The van der Waals surface area contributed by atoms with Crippen molar-refractivity contribution >= 4 is 35.6 Å². The van der Waals surface area contributed by atoms with E-state index in [1.165, 1.54) is 33.1 Å². The number of fused-ring (bicyclic) bond motifs is 1. The van der Waals surface area contributed by atoms with Gasteiger partial charge >= 0.3 is 0 Å². The van der Waals surface area contributed by atoms with Gasteiger partial charge in [0.05, 0.1) is 0 Å². The summed E-state index contributed by atoms with van der Waals surface area (Å²) in [4.78, 5) is 0. The first-order valence-electron chi connectivity index (χ1n) is 7.24. The fourth-order valence-corrected chi connectivity index (χ4v) is 2.71. The Kier molecular flexibility index (Phi) is 10.8. The maximum Gasteiger partial charge on any atom is 0 e. The summed E-state index contributed by atoms with van der Waals surface area (Å²) in [6.45, 7) is 13.1. The average Bonchev–Trinajstić information content (AvgIpc) is 2.86. The molecule has 0 saturated carbocycles. The van der Waals surface area contributed by atoms with E-state index in [4.69, 9.17) is 0 Å². The van der Waals surface area contributed by atoms with Gasteiger partial charge in [-0.1, -0.05) is 46.1 Å². The third-order valence-electron chi connectivity index (χ3n) is 4.46. The van der Waals surface area contributed by atoms with E-state index in [-0.39, 0.29) is 56.1 Å². The minimum Gasteiger partial charge on any atom is -0.263 e. The van der Waals surface area contributed by atoms with Gasteiger partial charge < -0.3 is 0 Å². The molecule has 3 heteroatoms. The number of rotatable bonds is 0. The molecule has 0 amide bonds. The summed E-state index contributed by atoms with van der Waals surface area (Å²) in [7, 11) is 0. The molecule has 0 spiro atoms. The van der Waals surface area contributed by atoms with Crippen LogP contribution in [0.25, 0.3) is 10.8 Å². The third-order valence-corrected chi connectivity index (χ3v) is 4.46. The first-order valence-corrected chi connectivity index (χ1v) is 7.24. The molecule has 1 aliphatic rings. The predicted octanol–water partition coefficient (Wildman–Crippen LogP) is 6.82. The van der Waals surface area contributed by atoms with Gasteiger partial charge in [0.15, 0.2) is 0 Å². The van der Waals surface area contributed by atoms with Gasteiger partial charge in [-0.05, 0) is 0 Å². The summed E-state index contributed by atoms with van der Waals surface area (Å²) in [5.41, 5.74) is 5.77. The van der Waals surface area contributed by atoms with Crippen LogP contribution in [0, 0.1) is 18.4 Å². The first kappa shape index (κ1) is 25.0. The van der Waals surface area contributed by atoms with E-state index in [0.717, 1.165) is 0 Å². The smallest absolute Gasteiger partial charge is 0 e. The molecule has 0 radical (unpaired) electrons. The second kappa shape index (κ2) is 9.91. The van der Waals surface area contributed by atoms with Crippen LogP contribution in [0.5, 0.6) is 0 Å². The van der Waals surface area contributed by atoms with Crippen LogP contribution in [0.2, 0.25) is 0 Å². The van der Waals surface area contributed by atoms with Crippen molar-refractivity contribution in [2.75, 3.05) is 0 Å². The molecule has 0 atom stereocenters. The summed E-state index contributed by atoms with van der Waals surface area (Å²) >= 11 is 0. The molecule has 2 aromatic carbocycles. The Bertz CT molecular complexity index is 690. The third kappa shape index (κ3) is 5.66. The topological polar surface area (TPSA) is 0 Å². The van der Waals surface area contributed by atoms with Gasteiger partial charge in [0.2, 0.25) is 0 Å². The van der Waals surface area contributed by atoms with Crippen LogP contribution in [0.3, 0.4) is 0 Å². The quantitative estimate of drug-likeness (QED) is 0.267. The largest absolute Gasteiger partial charge is 0.263 e. The maximum absolute atomic E-state index is 3.44. The van der Waals surface area contributed by atoms with Crippen molar-refractivity contribution in [1.29, 1.82) is 0 Å². The fourth-order valence-electron chi connectivity index (χ4n) is 2.71. The molecule has 0 aliphatic heterocycles. The number of hydrogen-bond donors (Lipinski definition) is 0. The van der Waals surface area contributed by atoms with Crippen molar-refractivity contribution in [2.45, 2.75) is 41.5 Å². The van der Waals surface area contributed by atoms with Crippen molar-refractivity contribution in [1.82, 2.24) is 0 Å². The average molecular weight is 516 g/mol. The molecule has 1 aliphatic carbocycles. The monoisotopic (exact) mass is 516 g/mol. The molecule has 0 nitrogen and oxygen atoms in total. The molecule has 0 aromatic heterocycles. The normalized spacial score (nSPS) is 14.8.